The van der Waals surface area contributed by atoms with E-state index in [2.05, 4.69) is 38.0 Å². The maximum Gasteiger partial charge on any atom is 0.0229 e. The molecule has 0 radical (unpaired) electrons. The van der Waals surface area contributed by atoms with Gasteiger partial charge in [0.15, 0.2) is 0 Å². The smallest absolute Gasteiger partial charge is 0.0229 e. The largest absolute Gasteiger partial charge is 0.315 e. The molecule has 0 aromatic heterocycles. The normalized spacial score (nSPS) is 34.2. The molecule has 1 N–H and O–H groups in total. The number of hydrogen-bond donors (Lipinski definition) is 1. The Hall–Kier alpha value is -0.0800. The van der Waals surface area contributed by atoms with Crippen molar-refractivity contribution in [3.8, 4) is 0 Å². The van der Waals surface area contributed by atoms with Crippen molar-refractivity contribution < 1.29 is 0 Å². The zero-order valence-electron chi connectivity index (χ0n) is 12.8. The zero-order chi connectivity index (χ0) is 13.2. The standard InChI is InChI=1S/C16H32N2/c1-16(2,3)14-7-5-13(6-8-14)12-18(4)15-9-10-17-11-15/h13-15,17H,5-12H2,1-4H3. The van der Waals surface area contributed by atoms with Gasteiger partial charge in [-0.15, -0.1) is 0 Å². The van der Waals surface area contributed by atoms with Crippen LogP contribution in [0.1, 0.15) is 52.9 Å². The number of nitrogens with one attached hydrogen (secondary N) is 1. The summed E-state index contributed by atoms with van der Waals surface area (Å²) in [5, 5.41) is 3.48. The lowest BCUT2D eigenvalue weighted by atomic mass is 9.70. The van der Waals surface area contributed by atoms with Crippen molar-refractivity contribution in [1.82, 2.24) is 10.2 Å². The van der Waals surface area contributed by atoms with E-state index >= 15 is 0 Å². The van der Waals surface area contributed by atoms with E-state index in [0.29, 0.717) is 5.41 Å². The van der Waals surface area contributed by atoms with Gasteiger partial charge in [-0.25, -0.2) is 0 Å². The molecule has 2 nitrogen and oxygen atoms in total. The Bertz CT molecular complexity index is 242. The van der Waals surface area contributed by atoms with Crippen molar-refractivity contribution in [1.29, 1.82) is 0 Å². The van der Waals surface area contributed by atoms with Gasteiger partial charge in [-0.3, -0.25) is 0 Å². The molecular weight excluding hydrogens is 220 g/mol. The summed E-state index contributed by atoms with van der Waals surface area (Å²) in [5.41, 5.74) is 0.520. The number of nitrogens with zero attached hydrogens (tertiary/aromatic N) is 1. The molecule has 1 aliphatic heterocycles. The van der Waals surface area contributed by atoms with E-state index in [0.717, 1.165) is 17.9 Å². The van der Waals surface area contributed by atoms with Crippen LogP contribution in [0.25, 0.3) is 0 Å². The molecule has 0 amide bonds. The Morgan fingerprint density at radius 1 is 1.06 bits per heavy atom. The van der Waals surface area contributed by atoms with Crippen LogP contribution in [0.2, 0.25) is 0 Å². The third-order valence-electron chi connectivity index (χ3n) is 5.28. The summed E-state index contributed by atoms with van der Waals surface area (Å²) < 4.78 is 0. The summed E-state index contributed by atoms with van der Waals surface area (Å²) in [4.78, 5) is 2.61. The first kappa shape index (κ1) is 14.3. The van der Waals surface area contributed by atoms with Gasteiger partial charge < -0.3 is 10.2 Å². The summed E-state index contributed by atoms with van der Waals surface area (Å²) in [7, 11) is 2.33. The first-order valence-electron chi connectivity index (χ1n) is 7.88. The van der Waals surface area contributed by atoms with Crippen LogP contribution in [0.5, 0.6) is 0 Å². The molecule has 0 spiro atoms. The van der Waals surface area contributed by atoms with Gasteiger partial charge in [0.25, 0.3) is 0 Å². The molecule has 1 unspecified atom stereocenters. The molecule has 2 fully saturated rings. The molecule has 18 heavy (non-hydrogen) atoms. The average molecular weight is 252 g/mol. The van der Waals surface area contributed by atoms with Crippen LogP contribution in [0.4, 0.5) is 0 Å². The van der Waals surface area contributed by atoms with Gasteiger partial charge >= 0.3 is 0 Å². The van der Waals surface area contributed by atoms with E-state index in [1.54, 1.807) is 0 Å². The molecule has 0 bridgehead atoms. The van der Waals surface area contributed by atoms with Gasteiger partial charge in [0, 0.05) is 19.1 Å². The van der Waals surface area contributed by atoms with Crippen molar-refractivity contribution in [2.24, 2.45) is 17.3 Å². The zero-order valence-corrected chi connectivity index (χ0v) is 12.8. The Morgan fingerprint density at radius 2 is 1.72 bits per heavy atom. The van der Waals surface area contributed by atoms with E-state index in [1.165, 1.54) is 51.7 Å². The van der Waals surface area contributed by atoms with Crippen LogP contribution >= 0.6 is 0 Å². The van der Waals surface area contributed by atoms with Gasteiger partial charge in [0.2, 0.25) is 0 Å². The molecule has 106 valence electrons. The molecule has 0 aromatic rings. The van der Waals surface area contributed by atoms with Crippen molar-refractivity contribution in [3.63, 3.8) is 0 Å². The molecular formula is C16H32N2. The van der Waals surface area contributed by atoms with E-state index in [4.69, 9.17) is 0 Å². The van der Waals surface area contributed by atoms with Crippen molar-refractivity contribution in [2.75, 3.05) is 26.7 Å². The van der Waals surface area contributed by atoms with E-state index in [-0.39, 0.29) is 0 Å². The highest BCUT2D eigenvalue weighted by Gasteiger charge is 2.30. The monoisotopic (exact) mass is 252 g/mol. The highest BCUT2D eigenvalue weighted by molar-refractivity contribution is 4.84. The maximum atomic E-state index is 3.48. The summed E-state index contributed by atoms with van der Waals surface area (Å²) in [6.07, 6.45) is 7.14. The van der Waals surface area contributed by atoms with Gasteiger partial charge in [-0.2, -0.15) is 0 Å². The Balaban J connectivity index is 1.73. The predicted octanol–water partition coefficient (Wildman–Crippen LogP) is 3.13. The molecule has 1 saturated heterocycles. The second kappa shape index (κ2) is 5.92. The van der Waals surface area contributed by atoms with Crippen LogP contribution in [0.15, 0.2) is 0 Å². The Labute approximate surface area is 114 Å². The first-order chi connectivity index (χ1) is 8.47. The fraction of sp³-hybridized carbons (Fsp3) is 1.00. The van der Waals surface area contributed by atoms with Gasteiger partial charge in [-0.1, -0.05) is 20.8 Å². The van der Waals surface area contributed by atoms with E-state index < -0.39 is 0 Å². The first-order valence-corrected chi connectivity index (χ1v) is 7.88. The van der Waals surface area contributed by atoms with Crippen LogP contribution in [-0.2, 0) is 0 Å². The molecule has 2 heteroatoms. The number of hydrogen-bond acceptors (Lipinski definition) is 2. The van der Waals surface area contributed by atoms with Crippen LogP contribution < -0.4 is 5.32 Å². The highest BCUT2D eigenvalue weighted by Crippen LogP contribution is 2.40. The second-order valence-electron chi connectivity index (χ2n) is 7.67. The molecule has 1 atom stereocenters. The Morgan fingerprint density at radius 3 is 2.22 bits per heavy atom. The molecule has 2 rings (SSSR count). The molecule has 1 saturated carbocycles. The number of rotatable bonds is 3. The third-order valence-corrected chi connectivity index (χ3v) is 5.28. The molecule has 2 aliphatic rings. The van der Waals surface area contributed by atoms with Gasteiger partial charge in [0.1, 0.15) is 0 Å². The minimum Gasteiger partial charge on any atom is -0.315 e. The van der Waals surface area contributed by atoms with Crippen LogP contribution in [0, 0.1) is 17.3 Å². The lowest BCUT2D eigenvalue weighted by Gasteiger charge is -2.38. The lowest BCUT2D eigenvalue weighted by Crippen LogP contribution is -2.38. The molecule has 0 aromatic carbocycles. The van der Waals surface area contributed by atoms with Gasteiger partial charge in [-0.05, 0) is 62.9 Å². The van der Waals surface area contributed by atoms with E-state index in [1.807, 2.05) is 0 Å². The van der Waals surface area contributed by atoms with E-state index in [9.17, 15) is 0 Å². The lowest BCUT2D eigenvalue weighted by molar-refractivity contribution is 0.121. The van der Waals surface area contributed by atoms with Crippen LogP contribution in [0.3, 0.4) is 0 Å². The van der Waals surface area contributed by atoms with Crippen LogP contribution in [-0.4, -0.2) is 37.6 Å². The summed E-state index contributed by atoms with van der Waals surface area (Å²) in [6, 6.07) is 0.797. The second-order valence-corrected chi connectivity index (χ2v) is 7.67. The highest BCUT2D eigenvalue weighted by atomic mass is 15.2. The quantitative estimate of drug-likeness (QED) is 0.830. The minimum atomic E-state index is 0.520. The summed E-state index contributed by atoms with van der Waals surface area (Å²) in [5.74, 6) is 1.90. The maximum absolute atomic E-state index is 3.48. The average Bonchev–Trinajstić information content (AvgIpc) is 2.82. The fourth-order valence-electron chi connectivity index (χ4n) is 3.78. The van der Waals surface area contributed by atoms with Crippen molar-refractivity contribution >= 4 is 0 Å². The van der Waals surface area contributed by atoms with Crippen molar-refractivity contribution in [2.45, 2.75) is 58.9 Å². The predicted molar refractivity (Wildman–Crippen MR) is 78.8 cm³/mol. The minimum absolute atomic E-state index is 0.520. The summed E-state index contributed by atoms with van der Waals surface area (Å²) in [6.45, 7) is 11.0. The topological polar surface area (TPSA) is 15.3 Å². The summed E-state index contributed by atoms with van der Waals surface area (Å²) >= 11 is 0. The third kappa shape index (κ3) is 3.71. The fourth-order valence-corrected chi connectivity index (χ4v) is 3.78. The molecule has 1 heterocycles. The Kier molecular flexibility index (Phi) is 4.71. The van der Waals surface area contributed by atoms with Crippen molar-refractivity contribution in [3.05, 3.63) is 0 Å². The number of likely N-dealkylation sites (N-methyl/N-ethyl adjacent to an activating group) is 1. The molecule has 1 aliphatic carbocycles. The van der Waals surface area contributed by atoms with Gasteiger partial charge in [0.05, 0.1) is 0 Å². The SMILES string of the molecule is CN(CC1CCC(C(C)(C)C)CC1)C1CCNC1.